The van der Waals surface area contributed by atoms with Crippen LogP contribution >= 0.6 is 0 Å². The Labute approximate surface area is 143 Å². The second-order valence-electron chi connectivity index (χ2n) is 6.01. The molecule has 0 aromatic heterocycles. The zero-order chi connectivity index (χ0) is 18.1. The van der Waals surface area contributed by atoms with Crippen molar-refractivity contribution < 1.29 is 14.7 Å². The minimum atomic E-state index is -0.677. The number of carbonyl (C=O) groups is 2. The van der Waals surface area contributed by atoms with Gasteiger partial charge in [0.05, 0.1) is 6.04 Å². The third kappa shape index (κ3) is 6.17. The smallest absolute Gasteiger partial charge is 0.309 e. The molecule has 7 nitrogen and oxygen atoms in total. The van der Waals surface area contributed by atoms with E-state index >= 15 is 0 Å². The quantitative estimate of drug-likeness (QED) is 0.459. The van der Waals surface area contributed by atoms with E-state index in [-0.39, 0.29) is 19.2 Å². The summed E-state index contributed by atoms with van der Waals surface area (Å²) in [6.07, 6.45) is 0.428. The summed E-state index contributed by atoms with van der Waals surface area (Å²) in [6.45, 7) is 0.597. The maximum atomic E-state index is 11.8. The Bertz CT molecular complexity index is 529. The van der Waals surface area contributed by atoms with Crippen molar-refractivity contribution in [3.8, 4) is 0 Å². The SMILES string of the molecule is CN(C)c1ccc([C@@H](CNC(=O)C(=O)NCCCO)N(C)C)cc1. The number of carbonyl (C=O) groups excluding carboxylic acids is 2. The summed E-state index contributed by atoms with van der Waals surface area (Å²) in [5, 5.41) is 13.8. The summed E-state index contributed by atoms with van der Waals surface area (Å²) in [7, 11) is 7.82. The van der Waals surface area contributed by atoms with Gasteiger partial charge < -0.3 is 25.5 Å². The molecule has 2 amide bonds. The summed E-state index contributed by atoms with van der Waals surface area (Å²) >= 11 is 0. The Balaban J connectivity index is 2.63. The van der Waals surface area contributed by atoms with Gasteiger partial charge in [-0.05, 0) is 38.2 Å². The molecule has 0 aliphatic heterocycles. The molecule has 0 fully saturated rings. The van der Waals surface area contributed by atoms with Crippen molar-refractivity contribution in [1.82, 2.24) is 15.5 Å². The van der Waals surface area contributed by atoms with Crippen LogP contribution in [0.15, 0.2) is 24.3 Å². The molecule has 1 aromatic rings. The van der Waals surface area contributed by atoms with Gasteiger partial charge in [0.25, 0.3) is 0 Å². The first-order valence-electron chi connectivity index (χ1n) is 7.97. The molecule has 134 valence electrons. The number of rotatable bonds is 8. The van der Waals surface area contributed by atoms with Crippen LogP contribution < -0.4 is 15.5 Å². The highest BCUT2D eigenvalue weighted by Crippen LogP contribution is 2.20. The third-order valence-electron chi connectivity index (χ3n) is 3.70. The summed E-state index contributed by atoms with van der Waals surface area (Å²) in [4.78, 5) is 27.5. The Morgan fingerprint density at radius 2 is 1.62 bits per heavy atom. The van der Waals surface area contributed by atoms with Crippen LogP contribution in [0.25, 0.3) is 0 Å². The van der Waals surface area contributed by atoms with E-state index in [4.69, 9.17) is 5.11 Å². The fourth-order valence-corrected chi connectivity index (χ4v) is 2.22. The van der Waals surface area contributed by atoms with Gasteiger partial charge >= 0.3 is 11.8 Å². The van der Waals surface area contributed by atoms with Gasteiger partial charge in [-0.15, -0.1) is 0 Å². The highest BCUT2D eigenvalue weighted by Gasteiger charge is 2.18. The van der Waals surface area contributed by atoms with Gasteiger partial charge in [-0.1, -0.05) is 12.1 Å². The van der Waals surface area contributed by atoms with Crippen LogP contribution in [0.3, 0.4) is 0 Å². The molecule has 1 aromatic carbocycles. The average Bonchev–Trinajstić information content (AvgIpc) is 2.55. The van der Waals surface area contributed by atoms with Crippen molar-refractivity contribution >= 4 is 17.5 Å². The number of hydrogen-bond donors (Lipinski definition) is 3. The largest absolute Gasteiger partial charge is 0.396 e. The summed E-state index contributed by atoms with van der Waals surface area (Å²) < 4.78 is 0. The predicted octanol–water partition coefficient (Wildman–Crippen LogP) is -0.0299. The first kappa shape index (κ1) is 19.9. The molecule has 0 saturated carbocycles. The number of likely N-dealkylation sites (N-methyl/N-ethyl adjacent to an activating group) is 1. The maximum Gasteiger partial charge on any atom is 0.309 e. The van der Waals surface area contributed by atoms with Crippen molar-refractivity contribution in [2.75, 3.05) is 52.8 Å². The van der Waals surface area contributed by atoms with E-state index < -0.39 is 11.8 Å². The first-order chi connectivity index (χ1) is 11.4. The third-order valence-corrected chi connectivity index (χ3v) is 3.70. The molecule has 24 heavy (non-hydrogen) atoms. The van der Waals surface area contributed by atoms with Crippen molar-refractivity contribution in [1.29, 1.82) is 0 Å². The fraction of sp³-hybridized carbons (Fsp3) is 0.529. The average molecular weight is 336 g/mol. The van der Waals surface area contributed by atoms with Gasteiger partial charge in [-0.25, -0.2) is 0 Å². The number of anilines is 1. The molecule has 3 N–H and O–H groups in total. The lowest BCUT2D eigenvalue weighted by molar-refractivity contribution is -0.139. The number of nitrogens with zero attached hydrogens (tertiary/aromatic N) is 2. The molecule has 0 saturated heterocycles. The standard InChI is InChI=1S/C17H28N4O3/c1-20(2)14-8-6-13(7-9-14)15(21(3)4)12-19-17(24)16(23)18-10-5-11-22/h6-9,15,22H,5,10-12H2,1-4H3,(H,18,23)(H,19,24)/t15-/m1/s1. The van der Waals surface area contributed by atoms with Crippen LogP contribution in [0.5, 0.6) is 0 Å². The second-order valence-corrected chi connectivity index (χ2v) is 6.01. The molecule has 0 spiro atoms. The molecule has 1 atom stereocenters. The van der Waals surface area contributed by atoms with Crippen LogP contribution in [-0.4, -0.2) is 69.7 Å². The second kappa shape index (κ2) is 9.89. The molecule has 0 bridgehead atoms. The summed E-state index contributed by atoms with van der Waals surface area (Å²) in [5.74, 6) is -1.34. The summed E-state index contributed by atoms with van der Waals surface area (Å²) in [5.41, 5.74) is 2.16. The minimum absolute atomic E-state index is 0.0203. The molecule has 0 unspecified atom stereocenters. The molecule has 7 heteroatoms. The zero-order valence-electron chi connectivity index (χ0n) is 14.9. The monoisotopic (exact) mass is 336 g/mol. The van der Waals surface area contributed by atoms with E-state index in [0.717, 1.165) is 11.3 Å². The van der Waals surface area contributed by atoms with Crippen LogP contribution in [0, 0.1) is 0 Å². The number of hydrogen-bond acceptors (Lipinski definition) is 5. The lowest BCUT2D eigenvalue weighted by Crippen LogP contribution is -2.43. The van der Waals surface area contributed by atoms with E-state index in [0.29, 0.717) is 13.0 Å². The highest BCUT2D eigenvalue weighted by molar-refractivity contribution is 6.35. The highest BCUT2D eigenvalue weighted by atomic mass is 16.3. The number of nitrogens with one attached hydrogen (secondary N) is 2. The molecular formula is C17H28N4O3. The Morgan fingerprint density at radius 1 is 1.04 bits per heavy atom. The summed E-state index contributed by atoms with van der Waals surface area (Å²) in [6, 6.07) is 8.06. The lowest BCUT2D eigenvalue weighted by Gasteiger charge is -2.25. The first-order valence-corrected chi connectivity index (χ1v) is 7.97. The fourth-order valence-electron chi connectivity index (χ4n) is 2.22. The van der Waals surface area contributed by atoms with Gasteiger partial charge in [0.15, 0.2) is 0 Å². The number of aliphatic hydroxyl groups is 1. The van der Waals surface area contributed by atoms with Crippen LogP contribution in [0.1, 0.15) is 18.0 Å². The van der Waals surface area contributed by atoms with Gasteiger partial charge in [0.2, 0.25) is 0 Å². The predicted molar refractivity (Wildman–Crippen MR) is 94.9 cm³/mol. The van der Waals surface area contributed by atoms with Crippen LogP contribution in [-0.2, 0) is 9.59 Å². The van der Waals surface area contributed by atoms with E-state index in [1.165, 1.54) is 0 Å². The number of benzene rings is 1. The number of aliphatic hydroxyl groups excluding tert-OH is 1. The topological polar surface area (TPSA) is 84.9 Å². The molecule has 0 radical (unpaired) electrons. The molecule has 0 aliphatic rings. The normalized spacial score (nSPS) is 11.9. The van der Waals surface area contributed by atoms with E-state index in [1.54, 1.807) is 0 Å². The Morgan fingerprint density at radius 3 is 2.12 bits per heavy atom. The van der Waals surface area contributed by atoms with E-state index in [2.05, 4.69) is 10.6 Å². The van der Waals surface area contributed by atoms with Gasteiger partial charge in [-0.3, -0.25) is 9.59 Å². The van der Waals surface area contributed by atoms with E-state index in [9.17, 15) is 9.59 Å². The van der Waals surface area contributed by atoms with E-state index in [1.807, 2.05) is 62.3 Å². The molecule has 0 aliphatic carbocycles. The van der Waals surface area contributed by atoms with Gasteiger partial charge in [-0.2, -0.15) is 0 Å². The Hall–Kier alpha value is -2.12. The van der Waals surface area contributed by atoms with Crippen molar-refractivity contribution in [3.63, 3.8) is 0 Å². The maximum absolute atomic E-state index is 11.8. The van der Waals surface area contributed by atoms with Crippen molar-refractivity contribution in [3.05, 3.63) is 29.8 Å². The van der Waals surface area contributed by atoms with Gasteiger partial charge in [0, 0.05) is 39.5 Å². The number of amides is 2. The molecule has 1 rings (SSSR count). The van der Waals surface area contributed by atoms with Crippen LogP contribution in [0.2, 0.25) is 0 Å². The Kier molecular flexibility index (Phi) is 8.21. The van der Waals surface area contributed by atoms with Crippen LogP contribution in [0.4, 0.5) is 5.69 Å². The molecular weight excluding hydrogens is 308 g/mol. The lowest BCUT2D eigenvalue weighted by atomic mass is 10.1. The zero-order valence-corrected chi connectivity index (χ0v) is 14.9. The van der Waals surface area contributed by atoms with Crippen molar-refractivity contribution in [2.45, 2.75) is 12.5 Å². The van der Waals surface area contributed by atoms with Crippen molar-refractivity contribution in [2.24, 2.45) is 0 Å². The molecule has 0 heterocycles. The minimum Gasteiger partial charge on any atom is -0.396 e. The van der Waals surface area contributed by atoms with Gasteiger partial charge in [0.1, 0.15) is 0 Å².